The topological polar surface area (TPSA) is 356 Å². The Hall–Kier alpha value is 4.34. The molecule has 6 aromatic carbocycles. The van der Waals surface area contributed by atoms with Gasteiger partial charge in [0.25, 0.3) is 10.1 Å². The molecule has 436 valence electrons. The van der Waals surface area contributed by atoms with Gasteiger partial charge in [-0.25, -0.2) is 38.9 Å². The fourth-order valence-corrected chi connectivity index (χ4v) is 12.5. The number of thiocarbonyl (C=S) groups is 1. The molecule has 0 aliphatic heterocycles. The van der Waals surface area contributed by atoms with Gasteiger partial charge in [0.2, 0.25) is 29.5 Å². The first-order valence-electron chi connectivity index (χ1n) is 19.4. The van der Waals surface area contributed by atoms with Crippen LogP contribution < -0.4 is 178 Å². The molecular formula is C38H33Cl8Na5O20P2S10. The van der Waals surface area contributed by atoms with Crippen LogP contribution >= 0.6 is 150 Å². The van der Waals surface area contributed by atoms with Gasteiger partial charge in [-0.05, 0) is 126 Å². The summed E-state index contributed by atoms with van der Waals surface area (Å²) >= 11 is 43.7. The summed E-state index contributed by atoms with van der Waals surface area (Å²) in [5, 5.41) is 25.3. The number of rotatable bonds is 15. The molecule has 83 heavy (non-hydrogen) atoms. The largest absolute Gasteiger partial charge is 1.00 e. The van der Waals surface area contributed by atoms with Crippen LogP contribution in [0.1, 0.15) is 2.74 Å². The Balaban J connectivity index is -0.000000158. The minimum absolute atomic E-state index is 0. The maximum Gasteiger partial charge on any atom is 1.00 e. The van der Waals surface area contributed by atoms with Crippen LogP contribution in [0.5, 0.6) is 0 Å². The number of hydrogen-bond acceptors (Lipinski definition) is 23. The van der Waals surface area contributed by atoms with E-state index in [1.165, 1.54) is 42.5 Å². The molecule has 5 N–H and O–H groups in total. The first-order valence-corrected chi connectivity index (χ1v) is 31.5. The summed E-state index contributed by atoms with van der Waals surface area (Å²) in [6.07, 6.45) is 0. The number of halogens is 8. The van der Waals surface area contributed by atoms with Gasteiger partial charge in [0.15, 0.2) is 0 Å². The van der Waals surface area contributed by atoms with Crippen molar-refractivity contribution < 1.29 is 267 Å². The molecule has 0 bridgehead atoms. The van der Waals surface area contributed by atoms with Crippen molar-refractivity contribution in [3.63, 3.8) is 0 Å². The summed E-state index contributed by atoms with van der Waals surface area (Å²) in [5.41, 5.74) is 0. The summed E-state index contributed by atoms with van der Waals surface area (Å²) in [6.45, 7) is 0. The van der Waals surface area contributed by atoms with Gasteiger partial charge in [0, 0.05) is 10.0 Å². The molecule has 45 heteroatoms. The van der Waals surface area contributed by atoms with E-state index in [4.69, 9.17) is 83.3 Å². The van der Waals surface area contributed by atoms with E-state index < -0.39 is 78.7 Å². The summed E-state index contributed by atoms with van der Waals surface area (Å²) in [6, 6.07) is 24.7. The molecule has 3 atom stereocenters. The molecule has 0 fully saturated rings. The summed E-state index contributed by atoms with van der Waals surface area (Å²) in [4.78, 5) is -2.42. The zero-order chi connectivity index (χ0) is 58.9. The van der Waals surface area contributed by atoms with Crippen LogP contribution in [0.3, 0.4) is 0 Å². The quantitative estimate of drug-likeness (QED) is 0.00854. The average Bonchev–Trinajstić information content (AvgIpc) is 3.33. The predicted octanol–water partition coefficient (Wildman–Crippen LogP) is -10.9. The van der Waals surface area contributed by atoms with E-state index in [1.54, 1.807) is 24.3 Å². The third-order valence-corrected chi connectivity index (χ3v) is 18.6. The third kappa shape index (κ3) is 35.1. The Morgan fingerprint density at radius 3 is 1.14 bits per heavy atom. The van der Waals surface area contributed by atoms with Gasteiger partial charge in [0.1, 0.15) is 16.1 Å². The monoisotopic (exact) mass is 1590 g/mol. The fourth-order valence-electron chi connectivity index (χ4n) is 4.86. The van der Waals surface area contributed by atoms with E-state index in [0.29, 0.717) is 52.7 Å². The van der Waals surface area contributed by atoms with Crippen LogP contribution in [0, 0.1) is 0 Å². The molecule has 6 rings (SSSR count). The number of sulfone groups is 3. The second-order valence-electron chi connectivity index (χ2n) is 12.6. The Bertz CT molecular complexity index is 3420. The van der Waals surface area contributed by atoms with Gasteiger partial charge < -0.3 is 45.6 Å². The molecule has 0 amide bonds. The molecule has 0 aliphatic rings. The number of hydrogen-bond donors (Lipinski definition) is 4. The van der Waals surface area contributed by atoms with E-state index in [-0.39, 0.29) is 233 Å². The van der Waals surface area contributed by atoms with E-state index in [0.717, 1.165) is 48.5 Å². The normalized spacial score (nSPS) is 11.6. The molecule has 0 saturated heterocycles. The molecule has 3 unspecified atom stereocenters. The molecule has 0 radical (unpaired) electrons. The summed E-state index contributed by atoms with van der Waals surface area (Å²) in [5.74, 6) is 0. The standard InChI is InChI=1S/2C12H8Cl2O8S3.C12H8Cl2O2S.CH5PS2.CH3PS.2ClH.5Na.2H2O/c2*13-9-3-1-7(5-11(9)23-22-21-15)24(16,17)8-2-4-10(14)12(6-8)25(18,19)20;13-9-1-5-11(6-2-9)17(15,16)12-7-3-10(14)4-8-12;2-1(3)4;2-1-3;;;;;;;;;/h2*1-6,15H,(H,18,19,20);1-8H;1,3-4H,2H2;1H,2H2;2*1H;;;;;;2*1H2/q;;;;;;;5*+1;;/p-5/i;;;2*1D;;;;;;;;;/hD. The summed E-state index contributed by atoms with van der Waals surface area (Å²) in [7, 11) is -17.4. The van der Waals surface area contributed by atoms with Crippen LogP contribution in [-0.4, -0.2) is 77.9 Å². The zero-order valence-corrected chi connectivity index (χ0v) is 68.8. The maximum absolute atomic E-state index is 12.7. The van der Waals surface area contributed by atoms with Crippen LogP contribution in [-0.2, 0) is 68.5 Å². The van der Waals surface area contributed by atoms with E-state index >= 15 is 0 Å². The smallest absolute Gasteiger partial charge is 1.00 e. The van der Waals surface area contributed by atoms with Gasteiger partial charge in [0.05, 0.1) is 95.3 Å². The van der Waals surface area contributed by atoms with Crippen LogP contribution in [0.15, 0.2) is 170 Å². The van der Waals surface area contributed by atoms with Gasteiger partial charge in [-0.15, -0.1) is 22.8 Å². The number of thiol groups is 2. The van der Waals surface area contributed by atoms with Crippen LogP contribution in [0.25, 0.3) is 0 Å². The van der Waals surface area contributed by atoms with Crippen molar-refractivity contribution in [2.45, 2.75) is 53.3 Å². The first-order chi connectivity index (χ1) is 35.4. The van der Waals surface area contributed by atoms with E-state index in [2.05, 4.69) is 62.1 Å². The van der Waals surface area contributed by atoms with E-state index in [1.807, 2.05) is 0 Å². The molecular weight excluding hydrogens is 1560 g/mol. The van der Waals surface area contributed by atoms with Gasteiger partial charge in [-0.3, -0.25) is 9.59 Å². The Morgan fingerprint density at radius 1 is 0.590 bits per heavy atom. The van der Waals surface area contributed by atoms with Gasteiger partial charge in [-0.1, -0.05) is 86.9 Å². The number of benzene rings is 6. The Labute approximate surface area is 665 Å². The van der Waals surface area contributed by atoms with Crippen molar-refractivity contribution in [3.8, 4) is 0 Å². The maximum atomic E-state index is 12.7. The van der Waals surface area contributed by atoms with E-state index in [9.17, 15) is 51.9 Å². The molecule has 0 aliphatic carbocycles. The SMILES string of the molecule is O.O=S(=O)(O)c1cc(S(=O)(=O)c2ccc(Cl)c(SOOO)c2)ccc1Cl.O=S(=O)([O-])c1cc(S(=O)(=O)c2ccc(Cl)c(SOO[O-])c2)ccc1Cl.O=S(=O)(c1ccc(Cl)cc1)c1ccc(Cl)cc1.[2H]C(P)=S.[2H]SC([2H])(P)S.[Cl-].[Cl-].[Na+].[Na+].[Na+].[Na+].[Na+].[OH-]. The minimum atomic E-state index is -4.97. The van der Waals surface area contributed by atoms with Crippen molar-refractivity contribution in [2.75, 3.05) is 0 Å². The van der Waals surface area contributed by atoms with Crippen LogP contribution in [0.2, 0.25) is 30.1 Å². The second kappa shape index (κ2) is 49.8. The molecule has 6 aromatic rings. The second-order valence-corrected chi connectivity index (χ2v) is 28.8. The Morgan fingerprint density at radius 2 is 0.855 bits per heavy atom. The molecule has 0 spiro atoms. The summed E-state index contributed by atoms with van der Waals surface area (Å²) < 4.78 is 167. The van der Waals surface area contributed by atoms with Gasteiger partial charge in [-0.2, -0.15) is 37.9 Å². The third-order valence-electron chi connectivity index (χ3n) is 7.95. The molecule has 0 heterocycles. The first kappa shape index (κ1) is 96.0. The molecule has 0 saturated carbocycles. The van der Waals surface area contributed by atoms with Gasteiger partial charge >= 0.3 is 148 Å². The zero-order valence-electron chi connectivity index (χ0n) is 45.2. The molecule has 20 nitrogen and oxygen atoms in total. The van der Waals surface area contributed by atoms with Crippen molar-refractivity contribution in [1.29, 1.82) is 1.12 Å². The minimum Gasteiger partial charge on any atom is -1.00 e. The van der Waals surface area contributed by atoms with Crippen molar-refractivity contribution in [1.82, 2.24) is 0 Å². The average molecular weight is 1590 g/mol. The van der Waals surface area contributed by atoms with Crippen molar-refractivity contribution in [3.05, 3.63) is 151 Å². The van der Waals surface area contributed by atoms with Crippen LogP contribution in [0.4, 0.5) is 0 Å². The molecule has 0 aromatic heterocycles. The van der Waals surface area contributed by atoms with Crippen molar-refractivity contribution >= 4 is 204 Å². The fraction of sp³-hybridized carbons (Fsp3) is 0.0263. The Kier molecular flexibility index (Phi) is 57.6. The van der Waals surface area contributed by atoms with Crippen molar-refractivity contribution in [2.24, 2.45) is 0 Å². The predicted molar refractivity (Wildman–Crippen MR) is 302 cm³/mol.